The molecule has 0 atom stereocenters. The molecule has 0 saturated heterocycles. The maximum atomic E-state index is 12.5. The molecular formula is C21H24N2O3. The highest BCUT2D eigenvalue weighted by Gasteiger charge is 2.21. The molecule has 0 aliphatic carbocycles. The van der Waals surface area contributed by atoms with E-state index in [1.165, 1.54) is 12.5 Å². The molecule has 0 spiro atoms. The molecule has 0 fully saturated rings. The zero-order valence-corrected chi connectivity index (χ0v) is 15.6. The maximum absolute atomic E-state index is 12.5. The fraction of sp³-hybridized carbons (Fsp3) is 0.333. The van der Waals surface area contributed by atoms with Gasteiger partial charge in [0.1, 0.15) is 12.4 Å². The molecular weight excluding hydrogens is 328 g/mol. The Morgan fingerprint density at radius 2 is 1.77 bits per heavy atom. The number of rotatable bonds is 2. The van der Waals surface area contributed by atoms with Crippen molar-refractivity contribution in [1.82, 2.24) is 0 Å². The summed E-state index contributed by atoms with van der Waals surface area (Å²) in [7, 11) is 0. The highest BCUT2D eigenvalue weighted by Crippen LogP contribution is 2.34. The number of hydrogen-bond donors (Lipinski definition) is 1. The number of nitrogens with zero attached hydrogens (tertiary/aromatic N) is 1. The van der Waals surface area contributed by atoms with Crippen molar-refractivity contribution in [3.05, 3.63) is 53.6 Å². The minimum Gasteiger partial charge on any atom is -0.489 e. The van der Waals surface area contributed by atoms with Gasteiger partial charge in [0.05, 0.1) is 12.2 Å². The summed E-state index contributed by atoms with van der Waals surface area (Å²) in [6, 6.07) is 13.0. The van der Waals surface area contributed by atoms with Gasteiger partial charge in [-0.25, -0.2) is 0 Å². The first-order valence-corrected chi connectivity index (χ1v) is 8.72. The molecule has 1 aliphatic rings. The van der Waals surface area contributed by atoms with Gasteiger partial charge in [-0.15, -0.1) is 0 Å². The minimum absolute atomic E-state index is 0.0229. The van der Waals surface area contributed by atoms with E-state index >= 15 is 0 Å². The number of ether oxygens (including phenoxy) is 1. The Morgan fingerprint density at radius 1 is 1.08 bits per heavy atom. The fourth-order valence-electron chi connectivity index (χ4n) is 2.95. The van der Waals surface area contributed by atoms with Crippen molar-refractivity contribution in [2.45, 2.75) is 33.1 Å². The van der Waals surface area contributed by atoms with E-state index in [-0.39, 0.29) is 17.2 Å². The molecule has 26 heavy (non-hydrogen) atoms. The molecule has 2 aromatic rings. The van der Waals surface area contributed by atoms with E-state index < -0.39 is 0 Å². The monoisotopic (exact) mass is 352 g/mol. The highest BCUT2D eigenvalue weighted by atomic mass is 16.5. The third kappa shape index (κ3) is 3.72. The van der Waals surface area contributed by atoms with Gasteiger partial charge in [0.15, 0.2) is 0 Å². The molecule has 0 bridgehead atoms. The summed E-state index contributed by atoms with van der Waals surface area (Å²) >= 11 is 0. The summed E-state index contributed by atoms with van der Waals surface area (Å²) in [5.74, 6) is 0.405. The predicted molar refractivity (Wildman–Crippen MR) is 103 cm³/mol. The van der Waals surface area contributed by atoms with Crippen LogP contribution in [0.1, 0.15) is 43.6 Å². The lowest BCUT2D eigenvalue weighted by molar-refractivity contribution is -0.116. The smallest absolute Gasteiger partial charge is 0.255 e. The van der Waals surface area contributed by atoms with Crippen LogP contribution in [0.5, 0.6) is 5.75 Å². The van der Waals surface area contributed by atoms with Crippen molar-refractivity contribution < 1.29 is 14.3 Å². The SMILES string of the molecule is CC(=O)N1CCOc2cc(NC(=O)c3ccc(C(C)(C)C)cc3)ccc21. The second kappa shape index (κ2) is 6.83. The molecule has 0 radical (unpaired) electrons. The fourth-order valence-corrected chi connectivity index (χ4v) is 2.95. The summed E-state index contributed by atoms with van der Waals surface area (Å²) in [5, 5.41) is 2.89. The number of hydrogen-bond acceptors (Lipinski definition) is 3. The van der Waals surface area contributed by atoms with E-state index in [0.29, 0.717) is 30.2 Å². The van der Waals surface area contributed by atoms with Crippen LogP contribution in [0.2, 0.25) is 0 Å². The average molecular weight is 352 g/mol. The number of carbonyl (C=O) groups is 2. The summed E-state index contributed by atoms with van der Waals surface area (Å²) in [6.07, 6.45) is 0. The number of amides is 2. The van der Waals surface area contributed by atoms with Crippen molar-refractivity contribution in [1.29, 1.82) is 0 Å². The summed E-state index contributed by atoms with van der Waals surface area (Å²) < 4.78 is 5.64. The zero-order chi connectivity index (χ0) is 18.9. The van der Waals surface area contributed by atoms with Gasteiger partial charge in [-0.2, -0.15) is 0 Å². The van der Waals surface area contributed by atoms with Gasteiger partial charge < -0.3 is 15.0 Å². The van der Waals surface area contributed by atoms with Crippen LogP contribution in [0.25, 0.3) is 0 Å². The third-order valence-electron chi connectivity index (χ3n) is 4.47. The van der Waals surface area contributed by atoms with Gasteiger partial charge >= 0.3 is 0 Å². The van der Waals surface area contributed by atoms with Crippen LogP contribution in [-0.2, 0) is 10.2 Å². The Hall–Kier alpha value is -2.82. The lowest BCUT2D eigenvalue weighted by atomic mass is 9.87. The minimum atomic E-state index is -0.176. The van der Waals surface area contributed by atoms with Crippen LogP contribution in [0.4, 0.5) is 11.4 Å². The average Bonchev–Trinajstić information content (AvgIpc) is 2.60. The van der Waals surface area contributed by atoms with Crippen molar-refractivity contribution in [3.63, 3.8) is 0 Å². The normalized spacial score (nSPS) is 13.6. The Labute approximate surface area is 154 Å². The van der Waals surface area contributed by atoms with Crippen LogP contribution in [0, 0.1) is 0 Å². The van der Waals surface area contributed by atoms with Crippen LogP contribution >= 0.6 is 0 Å². The first kappa shape index (κ1) is 18.0. The molecule has 5 nitrogen and oxygen atoms in total. The second-order valence-electron chi connectivity index (χ2n) is 7.48. The van der Waals surface area contributed by atoms with Crippen LogP contribution in [-0.4, -0.2) is 25.0 Å². The van der Waals surface area contributed by atoms with E-state index in [2.05, 4.69) is 26.1 Å². The molecule has 0 saturated carbocycles. The van der Waals surface area contributed by atoms with E-state index in [4.69, 9.17) is 4.74 Å². The molecule has 2 amide bonds. The van der Waals surface area contributed by atoms with Crippen molar-refractivity contribution in [2.75, 3.05) is 23.4 Å². The topological polar surface area (TPSA) is 58.6 Å². The van der Waals surface area contributed by atoms with E-state index in [9.17, 15) is 9.59 Å². The van der Waals surface area contributed by atoms with E-state index in [1.54, 1.807) is 23.1 Å². The third-order valence-corrected chi connectivity index (χ3v) is 4.47. The first-order valence-electron chi connectivity index (χ1n) is 8.72. The van der Waals surface area contributed by atoms with Gasteiger partial charge in [0, 0.05) is 24.2 Å². The molecule has 1 aliphatic heterocycles. The standard InChI is InChI=1S/C21H24N2O3/c1-14(24)23-11-12-26-19-13-17(9-10-18(19)23)22-20(25)15-5-7-16(8-6-15)21(2,3)4/h5-10,13H,11-12H2,1-4H3,(H,22,25). The highest BCUT2D eigenvalue weighted by molar-refractivity contribution is 6.04. The van der Waals surface area contributed by atoms with Gasteiger partial charge in [-0.3, -0.25) is 9.59 Å². The number of carbonyl (C=O) groups excluding carboxylic acids is 2. The summed E-state index contributed by atoms with van der Waals surface area (Å²) in [5.41, 5.74) is 3.20. The maximum Gasteiger partial charge on any atom is 0.255 e. The van der Waals surface area contributed by atoms with Crippen LogP contribution < -0.4 is 15.0 Å². The van der Waals surface area contributed by atoms with Crippen LogP contribution in [0.3, 0.4) is 0 Å². The van der Waals surface area contributed by atoms with Gasteiger partial charge in [0.2, 0.25) is 5.91 Å². The number of anilines is 2. The van der Waals surface area contributed by atoms with Gasteiger partial charge in [-0.1, -0.05) is 32.9 Å². The molecule has 3 rings (SSSR count). The quantitative estimate of drug-likeness (QED) is 0.889. The Balaban J connectivity index is 1.77. The Bertz CT molecular complexity index is 835. The first-order chi connectivity index (χ1) is 12.3. The number of benzene rings is 2. The number of fused-ring (bicyclic) bond motifs is 1. The van der Waals surface area contributed by atoms with Gasteiger partial charge in [-0.05, 0) is 35.2 Å². The molecule has 136 valence electrons. The molecule has 0 unspecified atom stereocenters. The van der Waals surface area contributed by atoms with Crippen LogP contribution in [0.15, 0.2) is 42.5 Å². The molecule has 2 aromatic carbocycles. The molecule has 1 N–H and O–H groups in total. The van der Waals surface area contributed by atoms with E-state index in [0.717, 1.165) is 5.69 Å². The largest absolute Gasteiger partial charge is 0.489 e. The lowest BCUT2D eigenvalue weighted by Crippen LogP contribution is -2.36. The number of nitrogens with one attached hydrogen (secondary N) is 1. The zero-order valence-electron chi connectivity index (χ0n) is 15.6. The van der Waals surface area contributed by atoms with Crippen molar-refractivity contribution >= 4 is 23.2 Å². The van der Waals surface area contributed by atoms with Gasteiger partial charge in [0.25, 0.3) is 5.91 Å². The van der Waals surface area contributed by atoms with Crippen molar-refractivity contribution in [3.8, 4) is 5.75 Å². The lowest BCUT2D eigenvalue weighted by Gasteiger charge is -2.29. The van der Waals surface area contributed by atoms with E-state index in [1.807, 2.05) is 24.3 Å². The summed E-state index contributed by atoms with van der Waals surface area (Å²) in [6.45, 7) is 8.93. The predicted octanol–water partition coefficient (Wildman–Crippen LogP) is 3.98. The molecule has 0 aromatic heterocycles. The summed E-state index contributed by atoms with van der Waals surface area (Å²) in [4.78, 5) is 25.9. The Morgan fingerprint density at radius 3 is 2.38 bits per heavy atom. The molecule has 1 heterocycles. The second-order valence-corrected chi connectivity index (χ2v) is 7.48. The van der Waals surface area contributed by atoms with Crippen molar-refractivity contribution in [2.24, 2.45) is 0 Å². The Kier molecular flexibility index (Phi) is 4.72. The molecule has 5 heteroatoms.